The molecule has 4 aliphatic rings. The van der Waals surface area contributed by atoms with E-state index in [0.29, 0.717) is 28.9 Å². The molecule has 2 saturated carbocycles. The normalized spacial score (nSPS) is 26.7. The fraction of sp³-hybridized carbons (Fsp3) is 0.643. The molecule has 17 heteroatoms. The van der Waals surface area contributed by atoms with Crippen LogP contribution in [0.15, 0.2) is 36.5 Å². The smallest absolute Gasteiger partial charge is 0.405 e. The number of halogens is 2. The monoisotopic (exact) mass is 857 g/mol. The third kappa shape index (κ3) is 12.5. The summed E-state index contributed by atoms with van der Waals surface area (Å²) in [7, 11) is -3.14. The molecule has 3 heterocycles. The molecular weight excluding hydrogens is 789 g/mol. The molecule has 6 rings (SSSR count). The predicted octanol–water partition coefficient (Wildman–Crippen LogP) is 7.58. The highest BCUT2D eigenvalue weighted by molar-refractivity contribution is 7.91. The Morgan fingerprint density at radius 2 is 1.73 bits per heavy atom. The van der Waals surface area contributed by atoms with Crippen LogP contribution in [-0.4, -0.2) is 84.1 Å². The van der Waals surface area contributed by atoms with Gasteiger partial charge in [0.25, 0.3) is 15.9 Å². The molecule has 0 bridgehead atoms. The van der Waals surface area contributed by atoms with Gasteiger partial charge in [0.1, 0.15) is 34.9 Å². The lowest BCUT2D eigenvalue weighted by Gasteiger charge is -2.27. The average Bonchev–Trinajstić information content (AvgIpc) is 4.04. The van der Waals surface area contributed by atoms with Crippen molar-refractivity contribution in [1.29, 1.82) is 0 Å². The zero-order valence-corrected chi connectivity index (χ0v) is 36.8. The summed E-state index contributed by atoms with van der Waals surface area (Å²) in [5.74, 6) is -2.06. The number of nitrogens with zero attached hydrogens (tertiary/aromatic N) is 2. The van der Waals surface area contributed by atoms with Crippen molar-refractivity contribution in [1.82, 2.24) is 19.9 Å². The summed E-state index contributed by atoms with van der Waals surface area (Å²) in [4.78, 5) is 57.0. The van der Waals surface area contributed by atoms with Crippen molar-refractivity contribution in [3.05, 3.63) is 42.4 Å². The van der Waals surface area contributed by atoms with Gasteiger partial charge in [-0.15, -0.1) is 0 Å². The number of aromatic nitrogens is 1. The molecule has 0 radical (unpaired) electrons. The Balaban J connectivity index is 0.00000221. The Morgan fingerprint density at radius 3 is 2.31 bits per heavy atom. The van der Waals surface area contributed by atoms with E-state index in [4.69, 9.17) is 15.2 Å². The van der Waals surface area contributed by atoms with Crippen LogP contribution in [0.4, 0.5) is 13.6 Å². The van der Waals surface area contributed by atoms with Crippen molar-refractivity contribution in [2.75, 3.05) is 13.7 Å². The zero-order valence-electron chi connectivity index (χ0n) is 36.0. The molecule has 3 fully saturated rings. The molecule has 1 aromatic heterocycles. The number of hydrogen-bond donors (Lipinski definition) is 3. The molecule has 14 nitrogen and oxygen atoms in total. The van der Waals surface area contributed by atoms with Crippen molar-refractivity contribution in [3.8, 4) is 11.6 Å². The van der Waals surface area contributed by atoms with E-state index < -0.39 is 68.0 Å². The lowest BCUT2D eigenvalue weighted by atomic mass is 9.91. The van der Waals surface area contributed by atoms with E-state index in [2.05, 4.69) is 22.0 Å². The number of alkyl halides is 1. The first kappa shape index (κ1) is 48.8. The molecule has 6 atom stereocenters. The predicted molar refractivity (Wildman–Crippen MR) is 227 cm³/mol. The van der Waals surface area contributed by atoms with E-state index in [1.165, 1.54) is 30.3 Å². The van der Waals surface area contributed by atoms with Gasteiger partial charge in [-0.3, -0.25) is 14.4 Å². The topological polar surface area (TPSA) is 196 Å². The summed E-state index contributed by atoms with van der Waals surface area (Å²) >= 11 is 0. The number of rotatable bonds is 6. The van der Waals surface area contributed by atoms with Crippen LogP contribution < -0.4 is 25.2 Å². The molecule has 4 N–H and O–H groups in total. The van der Waals surface area contributed by atoms with Gasteiger partial charge in [-0.2, -0.15) is 0 Å². The first-order chi connectivity index (χ1) is 27.7. The van der Waals surface area contributed by atoms with Gasteiger partial charge in [0.15, 0.2) is 0 Å². The molecule has 0 unspecified atom stereocenters. The lowest BCUT2D eigenvalue weighted by Crippen LogP contribution is -2.57. The molecular formula is C42H69F2N5O9S. The Labute approximate surface area is 351 Å². The second-order valence-electron chi connectivity index (χ2n) is 16.1. The number of nitrogens with two attached hydrogens (primary N) is 1. The Bertz CT molecular complexity index is 1970. The summed E-state index contributed by atoms with van der Waals surface area (Å²) < 4.78 is 72.2. The summed E-state index contributed by atoms with van der Waals surface area (Å²) in [6.45, 7) is 17.4. The Morgan fingerprint density at radius 1 is 1.07 bits per heavy atom. The summed E-state index contributed by atoms with van der Waals surface area (Å²) in [5.41, 5.74) is 2.64. The van der Waals surface area contributed by atoms with Crippen LogP contribution in [0.1, 0.15) is 118 Å². The molecule has 2 aliphatic carbocycles. The highest BCUT2D eigenvalue weighted by Crippen LogP contribution is 2.48. The second-order valence-corrected chi connectivity index (χ2v) is 18.1. The molecule has 2 aliphatic heterocycles. The van der Waals surface area contributed by atoms with Crippen LogP contribution in [0.2, 0.25) is 0 Å². The van der Waals surface area contributed by atoms with Crippen molar-refractivity contribution in [2.24, 2.45) is 23.5 Å². The quantitative estimate of drug-likeness (QED) is 0.244. The van der Waals surface area contributed by atoms with Crippen molar-refractivity contribution >= 4 is 44.6 Å². The van der Waals surface area contributed by atoms with Gasteiger partial charge in [0.2, 0.25) is 22.7 Å². The molecule has 59 heavy (non-hydrogen) atoms. The highest BCUT2D eigenvalue weighted by Gasteiger charge is 2.64. The maximum Gasteiger partial charge on any atom is 0.405 e. The van der Waals surface area contributed by atoms with Gasteiger partial charge in [0, 0.05) is 41.3 Å². The lowest BCUT2D eigenvalue weighted by molar-refractivity contribution is -0.140. The summed E-state index contributed by atoms with van der Waals surface area (Å²) in [5, 5.41) is 1.19. The van der Waals surface area contributed by atoms with Crippen molar-refractivity contribution in [3.63, 3.8) is 0 Å². The van der Waals surface area contributed by atoms with E-state index in [9.17, 15) is 36.4 Å². The highest BCUT2D eigenvalue weighted by atomic mass is 32.2. The number of methoxy groups -OCH3 is 1. The number of benzene rings is 1. The first-order valence-electron chi connectivity index (χ1n) is 20.5. The van der Waals surface area contributed by atoms with Gasteiger partial charge >= 0.3 is 6.09 Å². The number of allylic oxidation sites excluding steroid dienone is 1. The molecule has 1 aromatic carbocycles. The maximum atomic E-state index is 14.6. The minimum absolute atomic E-state index is 0. The SMILES string of the molecule is CC.CC.CC(C)(C)OC(N)=O.COc1cnc(O[C@@H]2C[C@H]3C(=O)N[C@]4(C(=O)NS(=O)(=O)C5(F)CC5)C[C@H]4/C=C\CC[C@@H](C)C[C@@H](C)CC(=O)N3C2)c2cc(F)ccc12.[HH].[HH].[HH]. The number of hydrogen-bond acceptors (Lipinski definition) is 10. The van der Waals surface area contributed by atoms with E-state index in [1.54, 1.807) is 32.9 Å². The fourth-order valence-corrected chi connectivity index (χ4v) is 8.44. The average molecular weight is 858 g/mol. The number of ether oxygens (including phenoxy) is 3. The van der Waals surface area contributed by atoms with Crippen molar-refractivity contribution in [2.45, 2.75) is 142 Å². The molecule has 4 amide bonds. The first-order valence-corrected chi connectivity index (χ1v) is 22.0. The molecule has 336 valence electrons. The largest absolute Gasteiger partial charge is 0.494 e. The Kier molecular flexibility index (Phi) is 16.7. The van der Waals surface area contributed by atoms with Gasteiger partial charge in [-0.25, -0.2) is 31.7 Å². The second kappa shape index (κ2) is 20.1. The third-order valence-corrected chi connectivity index (χ3v) is 12.0. The number of carbonyl (C=O) groups excluding carboxylic acids is 4. The minimum atomic E-state index is -4.61. The number of pyridine rings is 1. The third-order valence-electron chi connectivity index (χ3n) is 10.2. The van der Waals surface area contributed by atoms with Crippen LogP contribution in [0.25, 0.3) is 10.8 Å². The van der Waals surface area contributed by atoms with E-state index in [0.717, 1.165) is 12.8 Å². The fourth-order valence-electron chi connectivity index (χ4n) is 7.19. The van der Waals surface area contributed by atoms with E-state index in [-0.39, 0.29) is 60.6 Å². The van der Waals surface area contributed by atoms with Gasteiger partial charge in [0.05, 0.1) is 25.2 Å². The molecule has 2 aromatic rings. The zero-order chi connectivity index (χ0) is 44.5. The van der Waals surface area contributed by atoms with Gasteiger partial charge < -0.3 is 30.2 Å². The number of nitrogens with one attached hydrogen (secondary N) is 2. The van der Waals surface area contributed by atoms with E-state index in [1.807, 2.05) is 45.4 Å². The summed E-state index contributed by atoms with van der Waals surface area (Å²) in [6, 6.07) is 3.07. The summed E-state index contributed by atoms with van der Waals surface area (Å²) in [6.07, 6.45) is 6.03. The number of primary amides is 1. The van der Waals surface area contributed by atoms with E-state index >= 15 is 0 Å². The van der Waals surface area contributed by atoms with Crippen molar-refractivity contribution < 1.29 is 54.9 Å². The van der Waals surface area contributed by atoms with Crippen LogP contribution in [0.3, 0.4) is 0 Å². The van der Waals surface area contributed by atoms with Gasteiger partial charge in [-0.1, -0.05) is 53.7 Å². The number of amides is 4. The van der Waals surface area contributed by atoms with Crippen LogP contribution >= 0.6 is 0 Å². The van der Waals surface area contributed by atoms with Crippen LogP contribution in [-0.2, 0) is 29.1 Å². The number of carbonyl (C=O) groups is 4. The number of fused-ring (bicyclic) bond motifs is 3. The van der Waals surface area contributed by atoms with Crippen LogP contribution in [0, 0.1) is 23.6 Å². The standard InChI is InChI=1S/C33H40F2N4O7S.C5H11NO2.2C2H6.3H2/c1-19-6-4-5-7-21-16-33(21,31(42)38-47(43,44)32(35)10-11-32)37-29(41)26-15-23(18-39(26)28(40)13-20(2)12-19)46-30-25-14-22(34)8-9-24(25)27(45-3)17-36-30;1-5(2,3)8-4(6)7;2*1-2;;;/h5,7-9,14,17,19-21,23,26H,4,6,10-13,15-16,18H2,1-3H3,(H,37,41)(H,38,42);1-3H3,(H2,6,7);2*1-2H3;3*1H/b7-5-;;;;;;/t19-,20-,21-,23-,26+,33-;;;;;;/m1....../s1. The van der Waals surface area contributed by atoms with Gasteiger partial charge in [-0.05, 0) is 76.5 Å². The molecule has 1 saturated heterocycles. The number of sulfonamides is 1. The van der Waals surface area contributed by atoms with Crippen LogP contribution in [0.5, 0.6) is 11.6 Å². The maximum absolute atomic E-state index is 14.6. The minimum Gasteiger partial charge on any atom is -0.494 e. The Hall–Kier alpha value is -4.54. The molecule has 0 spiro atoms.